The van der Waals surface area contributed by atoms with E-state index in [-0.39, 0.29) is 5.41 Å². The van der Waals surface area contributed by atoms with Gasteiger partial charge in [-0.15, -0.1) is 11.3 Å². The average Bonchev–Trinajstić information content (AvgIpc) is 2.65. The first-order valence-electron chi connectivity index (χ1n) is 5.51. The van der Waals surface area contributed by atoms with Gasteiger partial charge >= 0.3 is 0 Å². The Balaban J connectivity index is 2.37. The second-order valence-electron chi connectivity index (χ2n) is 4.47. The predicted octanol–water partition coefficient (Wildman–Crippen LogP) is 3.41. The van der Waals surface area contributed by atoms with Gasteiger partial charge < -0.3 is 10.1 Å². The number of hydrogen-bond donors (Lipinski definition) is 1. The van der Waals surface area contributed by atoms with Gasteiger partial charge in [-0.2, -0.15) is 0 Å². The Kier molecular flexibility index (Phi) is 5.97. The number of rotatable bonds is 7. The van der Waals surface area contributed by atoms with Gasteiger partial charge in [-0.1, -0.05) is 13.8 Å². The molecule has 0 aliphatic heterocycles. The Morgan fingerprint density at radius 2 is 2.19 bits per heavy atom. The molecule has 0 saturated carbocycles. The van der Waals surface area contributed by atoms with Crippen LogP contribution in [0.2, 0.25) is 0 Å². The summed E-state index contributed by atoms with van der Waals surface area (Å²) in [6, 6.07) is 2.13. The molecule has 0 amide bonds. The zero-order chi connectivity index (χ0) is 12.0. The van der Waals surface area contributed by atoms with Crippen LogP contribution in [0.5, 0.6) is 0 Å². The highest BCUT2D eigenvalue weighted by Gasteiger charge is 2.23. The molecule has 1 heterocycles. The maximum atomic E-state index is 5.00. The Bertz CT molecular complexity index is 312. The SMILES string of the molecule is COCCNCCC(C)(C)c1sccc1Br. The van der Waals surface area contributed by atoms with Crippen LogP contribution in [-0.2, 0) is 10.2 Å². The summed E-state index contributed by atoms with van der Waals surface area (Å²) in [5.74, 6) is 0. The van der Waals surface area contributed by atoms with Gasteiger partial charge in [0.2, 0.25) is 0 Å². The fourth-order valence-corrected chi connectivity index (χ4v) is 3.66. The second-order valence-corrected chi connectivity index (χ2v) is 6.24. The number of nitrogens with one attached hydrogen (secondary N) is 1. The van der Waals surface area contributed by atoms with Crippen molar-refractivity contribution in [1.29, 1.82) is 0 Å². The first-order chi connectivity index (χ1) is 7.58. The fraction of sp³-hybridized carbons (Fsp3) is 0.667. The van der Waals surface area contributed by atoms with Crippen LogP contribution in [0.1, 0.15) is 25.1 Å². The van der Waals surface area contributed by atoms with Crippen LogP contribution in [0.4, 0.5) is 0 Å². The van der Waals surface area contributed by atoms with Gasteiger partial charge in [-0.05, 0) is 40.3 Å². The number of thiophene rings is 1. The monoisotopic (exact) mass is 305 g/mol. The van der Waals surface area contributed by atoms with Crippen molar-refractivity contribution >= 4 is 27.3 Å². The van der Waals surface area contributed by atoms with Gasteiger partial charge in [-0.25, -0.2) is 0 Å². The van der Waals surface area contributed by atoms with Gasteiger partial charge in [0.1, 0.15) is 0 Å². The van der Waals surface area contributed by atoms with Crippen molar-refractivity contribution < 1.29 is 4.74 Å². The largest absolute Gasteiger partial charge is 0.383 e. The normalized spacial score (nSPS) is 12.0. The van der Waals surface area contributed by atoms with E-state index in [1.807, 2.05) is 11.3 Å². The lowest BCUT2D eigenvalue weighted by molar-refractivity contribution is 0.198. The first-order valence-corrected chi connectivity index (χ1v) is 7.18. The topological polar surface area (TPSA) is 21.3 Å². The van der Waals surface area contributed by atoms with Crippen LogP contribution in [0, 0.1) is 0 Å². The third kappa shape index (κ3) is 4.17. The van der Waals surface area contributed by atoms with Gasteiger partial charge in [0.25, 0.3) is 0 Å². The molecule has 1 aromatic rings. The van der Waals surface area contributed by atoms with E-state index < -0.39 is 0 Å². The number of ether oxygens (including phenoxy) is 1. The molecule has 1 rings (SSSR count). The molecule has 0 bridgehead atoms. The van der Waals surface area contributed by atoms with Crippen LogP contribution in [0.15, 0.2) is 15.9 Å². The number of halogens is 1. The number of hydrogen-bond acceptors (Lipinski definition) is 3. The van der Waals surface area contributed by atoms with E-state index in [0.29, 0.717) is 0 Å². The van der Waals surface area contributed by atoms with Crippen LogP contribution in [0.25, 0.3) is 0 Å². The zero-order valence-corrected chi connectivity index (χ0v) is 12.6. The van der Waals surface area contributed by atoms with Crippen molar-refractivity contribution in [3.05, 3.63) is 20.8 Å². The van der Waals surface area contributed by atoms with E-state index in [0.717, 1.165) is 26.1 Å². The molecule has 0 aromatic carbocycles. The highest BCUT2D eigenvalue weighted by atomic mass is 79.9. The molecule has 2 nitrogen and oxygen atoms in total. The van der Waals surface area contributed by atoms with Crippen LogP contribution in [0.3, 0.4) is 0 Å². The average molecular weight is 306 g/mol. The standard InChI is InChI=1S/C12H20BrNOS/c1-12(2,5-6-14-7-8-15-3)11-10(13)4-9-16-11/h4,9,14H,5-8H2,1-3H3. The minimum absolute atomic E-state index is 0.229. The lowest BCUT2D eigenvalue weighted by Gasteiger charge is -2.24. The molecule has 0 aliphatic rings. The van der Waals surface area contributed by atoms with Crippen molar-refractivity contribution in [1.82, 2.24) is 5.32 Å². The van der Waals surface area contributed by atoms with Gasteiger partial charge in [0, 0.05) is 28.4 Å². The second kappa shape index (κ2) is 6.74. The molecule has 0 saturated heterocycles. The van der Waals surface area contributed by atoms with Crippen LogP contribution >= 0.6 is 27.3 Å². The molecule has 0 radical (unpaired) electrons. The van der Waals surface area contributed by atoms with E-state index in [2.05, 4.69) is 46.5 Å². The molecule has 1 N–H and O–H groups in total. The van der Waals surface area contributed by atoms with E-state index in [4.69, 9.17) is 4.74 Å². The maximum Gasteiger partial charge on any atom is 0.0587 e. The summed E-state index contributed by atoms with van der Waals surface area (Å²) < 4.78 is 6.23. The van der Waals surface area contributed by atoms with Crippen LogP contribution < -0.4 is 5.32 Å². The summed E-state index contributed by atoms with van der Waals surface area (Å²) in [5.41, 5.74) is 0.229. The van der Waals surface area contributed by atoms with Gasteiger partial charge in [0.15, 0.2) is 0 Å². The van der Waals surface area contributed by atoms with Gasteiger partial charge in [0.05, 0.1) is 6.61 Å². The third-order valence-corrected chi connectivity index (χ3v) is 4.85. The van der Waals surface area contributed by atoms with Crippen molar-refractivity contribution in [3.63, 3.8) is 0 Å². The Labute approximate surface area is 111 Å². The maximum absolute atomic E-state index is 5.00. The molecule has 16 heavy (non-hydrogen) atoms. The predicted molar refractivity (Wildman–Crippen MR) is 74.4 cm³/mol. The smallest absolute Gasteiger partial charge is 0.0587 e. The summed E-state index contributed by atoms with van der Waals surface area (Å²) in [7, 11) is 1.73. The van der Waals surface area contributed by atoms with Crippen molar-refractivity contribution in [2.75, 3.05) is 26.8 Å². The van der Waals surface area contributed by atoms with Crippen molar-refractivity contribution in [2.24, 2.45) is 0 Å². The molecule has 0 aliphatic carbocycles. The number of methoxy groups -OCH3 is 1. The van der Waals surface area contributed by atoms with E-state index in [1.165, 1.54) is 9.35 Å². The Hall–Kier alpha value is 0.100. The highest BCUT2D eigenvalue weighted by molar-refractivity contribution is 9.10. The minimum atomic E-state index is 0.229. The fourth-order valence-electron chi connectivity index (χ4n) is 1.59. The van der Waals surface area contributed by atoms with Crippen LogP contribution in [-0.4, -0.2) is 26.8 Å². The summed E-state index contributed by atoms with van der Waals surface area (Å²) in [6.07, 6.45) is 1.13. The molecule has 0 spiro atoms. The molecular weight excluding hydrogens is 286 g/mol. The molecule has 0 unspecified atom stereocenters. The molecular formula is C12H20BrNOS. The molecule has 0 atom stereocenters. The summed E-state index contributed by atoms with van der Waals surface area (Å²) in [6.45, 7) is 7.32. The lowest BCUT2D eigenvalue weighted by atomic mass is 9.87. The molecule has 4 heteroatoms. The zero-order valence-electron chi connectivity index (χ0n) is 10.2. The lowest BCUT2D eigenvalue weighted by Crippen LogP contribution is -2.27. The van der Waals surface area contributed by atoms with Gasteiger partial charge in [-0.3, -0.25) is 0 Å². The first kappa shape index (κ1) is 14.2. The summed E-state index contributed by atoms with van der Waals surface area (Å²) >= 11 is 5.43. The molecule has 92 valence electrons. The van der Waals surface area contributed by atoms with Crippen molar-refractivity contribution in [2.45, 2.75) is 25.7 Å². The van der Waals surface area contributed by atoms with E-state index >= 15 is 0 Å². The minimum Gasteiger partial charge on any atom is -0.383 e. The Morgan fingerprint density at radius 3 is 2.75 bits per heavy atom. The van der Waals surface area contributed by atoms with Crippen molar-refractivity contribution in [3.8, 4) is 0 Å². The summed E-state index contributed by atoms with van der Waals surface area (Å²) in [4.78, 5) is 1.43. The summed E-state index contributed by atoms with van der Waals surface area (Å²) in [5, 5.41) is 5.53. The third-order valence-electron chi connectivity index (χ3n) is 2.64. The van der Waals surface area contributed by atoms with E-state index in [1.54, 1.807) is 7.11 Å². The van der Waals surface area contributed by atoms with E-state index in [9.17, 15) is 0 Å². The highest BCUT2D eigenvalue weighted by Crippen LogP contribution is 2.36. The molecule has 0 fully saturated rings. The Morgan fingerprint density at radius 1 is 1.44 bits per heavy atom. The quantitative estimate of drug-likeness (QED) is 0.780. The molecule has 1 aromatic heterocycles.